The third-order valence-corrected chi connectivity index (χ3v) is 4.29. The number of rotatable bonds is 6. The summed E-state index contributed by atoms with van der Waals surface area (Å²) in [5.41, 5.74) is 6.16. The van der Waals surface area contributed by atoms with Crippen LogP contribution < -0.4 is 5.32 Å². The molecule has 4 rings (SSSR count). The van der Waals surface area contributed by atoms with Crippen molar-refractivity contribution in [1.29, 1.82) is 0 Å². The number of aromatic nitrogens is 4. The first-order chi connectivity index (χ1) is 12.8. The normalized spacial score (nSPS) is 10.8. The monoisotopic (exact) mass is 343 g/mol. The molecule has 0 bridgehead atoms. The van der Waals surface area contributed by atoms with Gasteiger partial charge in [0.1, 0.15) is 5.69 Å². The summed E-state index contributed by atoms with van der Waals surface area (Å²) in [5.74, 6) is 0. The van der Waals surface area contributed by atoms with Crippen LogP contribution in [0.4, 0.5) is 5.69 Å². The zero-order chi connectivity index (χ0) is 17.8. The van der Waals surface area contributed by atoms with Gasteiger partial charge in [-0.2, -0.15) is 5.10 Å². The Labute approximate surface area is 152 Å². The second-order valence-electron chi connectivity index (χ2n) is 6.23. The molecule has 2 heterocycles. The maximum atomic E-state index is 4.68. The molecule has 0 radical (unpaired) electrons. The van der Waals surface area contributed by atoms with Gasteiger partial charge in [-0.05, 0) is 25.1 Å². The Balaban J connectivity index is 1.63. The average Bonchev–Trinajstić information content (AvgIpc) is 3.29. The van der Waals surface area contributed by atoms with Crippen molar-refractivity contribution in [3.05, 3.63) is 78.8 Å². The van der Waals surface area contributed by atoms with Crippen molar-refractivity contribution in [3.63, 3.8) is 0 Å². The van der Waals surface area contributed by atoms with E-state index in [4.69, 9.17) is 0 Å². The fourth-order valence-electron chi connectivity index (χ4n) is 3.04. The number of nitrogens with one attached hydrogen (secondary N) is 2. The number of imidazole rings is 1. The Morgan fingerprint density at radius 3 is 2.42 bits per heavy atom. The number of H-pyrrole nitrogens is 1. The Hall–Kier alpha value is -3.34. The summed E-state index contributed by atoms with van der Waals surface area (Å²) >= 11 is 0. The molecule has 0 aliphatic rings. The third-order valence-electron chi connectivity index (χ3n) is 4.29. The number of benzene rings is 2. The highest BCUT2D eigenvalue weighted by molar-refractivity contribution is 5.76. The quantitative estimate of drug-likeness (QED) is 0.547. The molecule has 130 valence electrons. The van der Waals surface area contributed by atoms with Gasteiger partial charge in [-0.1, -0.05) is 48.5 Å². The van der Waals surface area contributed by atoms with Gasteiger partial charge in [0.15, 0.2) is 0 Å². The highest BCUT2D eigenvalue weighted by atomic mass is 15.2. The maximum absolute atomic E-state index is 4.68. The van der Waals surface area contributed by atoms with Crippen molar-refractivity contribution in [2.45, 2.75) is 13.5 Å². The molecule has 0 amide bonds. The van der Waals surface area contributed by atoms with Gasteiger partial charge in [0, 0.05) is 30.0 Å². The molecule has 5 nitrogen and oxygen atoms in total. The minimum Gasteiger partial charge on any atom is -0.383 e. The SMILES string of the molecule is Cc1cc(-c2c(-c3ccccc3)ncn2CCNc2ccccc2)n[nH]1. The highest BCUT2D eigenvalue weighted by Crippen LogP contribution is 2.30. The van der Waals surface area contributed by atoms with Gasteiger partial charge in [0.05, 0.1) is 17.7 Å². The van der Waals surface area contributed by atoms with E-state index in [0.29, 0.717) is 0 Å². The van der Waals surface area contributed by atoms with Gasteiger partial charge in [-0.3, -0.25) is 5.10 Å². The predicted octanol–water partition coefficient (Wildman–Crippen LogP) is 4.36. The van der Waals surface area contributed by atoms with Crippen LogP contribution in [0, 0.1) is 6.92 Å². The van der Waals surface area contributed by atoms with E-state index in [-0.39, 0.29) is 0 Å². The van der Waals surface area contributed by atoms with Crippen molar-refractivity contribution in [1.82, 2.24) is 19.7 Å². The molecule has 2 aromatic heterocycles. The maximum Gasteiger partial charge on any atom is 0.111 e. The minimum atomic E-state index is 0.802. The summed E-state index contributed by atoms with van der Waals surface area (Å²) in [6.45, 7) is 3.62. The van der Waals surface area contributed by atoms with Crippen molar-refractivity contribution >= 4 is 5.69 Å². The molecule has 2 N–H and O–H groups in total. The second kappa shape index (κ2) is 7.27. The molecule has 0 aliphatic carbocycles. The molecule has 5 heteroatoms. The smallest absolute Gasteiger partial charge is 0.111 e. The van der Waals surface area contributed by atoms with E-state index in [9.17, 15) is 0 Å². The van der Waals surface area contributed by atoms with Gasteiger partial charge >= 0.3 is 0 Å². The van der Waals surface area contributed by atoms with Gasteiger partial charge < -0.3 is 9.88 Å². The number of para-hydroxylation sites is 1. The zero-order valence-corrected chi connectivity index (χ0v) is 14.7. The Bertz CT molecular complexity index is 970. The molecule has 2 aromatic carbocycles. The summed E-state index contributed by atoms with van der Waals surface area (Å²) in [4.78, 5) is 4.68. The number of hydrogen-bond donors (Lipinski definition) is 2. The minimum absolute atomic E-state index is 0.802. The zero-order valence-electron chi connectivity index (χ0n) is 14.7. The van der Waals surface area contributed by atoms with Crippen molar-refractivity contribution in [3.8, 4) is 22.6 Å². The molecular weight excluding hydrogens is 322 g/mol. The number of aromatic amines is 1. The van der Waals surface area contributed by atoms with E-state index in [2.05, 4.69) is 55.4 Å². The molecule has 0 unspecified atom stereocenters. The van der Waals surface area contributed by atoms with Crippen molar-refractivity contribution < 1.29 is 0 Å². The van der Waals surface area contributed by atoms with Crippen LogP contribution in [0.1, 0.15) is 5.69 Å². The molecular formula is C21H21N5. The van der Waals surface area contributed by atoms with E-state index in [1.807, 2.05) is 49.6 Å². The standard InChI is InChI=1S/C21H21N5/c1-16-14-19(25-24-16)21-20(17-8-4-2-5-9-17)23-15-26(21)13-12-22-18-10-6-3-7-11-18/h2-11,14-15,22H,12-13H2,1H3,(H,24,25). The fourth-order valence-corrected chi connectivity index (χ4v) is 3.04. The van der Waals surface area contributed by atoms with Crippen LogP contribution in [0.2, 0.25) is 0 Å². The van der Waals surface area contributed by atoms with Crippen LogP contribution in [-0.4, -0.2) is 26.3 Å². The van der Waals surface area contributed by atoms with E-state index in [0.717, 1.165) is 47.1 Å². The first-order valence-corrected chi connectivity index (χ1v) is 8.73. The van der Waals surface area contributed by atoms with Crippen molar-refractivity contribution in [2.24, 2.45) is 0 Å². The summed E-state index contributed by atoms with van der Waals surface area (Å²) in [5, 5.41) is 11.0. The Morgan fingerprint density at radius 2 is 1.73 bits per heavy atom. The molecule has 0 spiro atoms. The van der Waals surface area contributed by atoms with Crippen LogP contribution in [0.25, 0.3) is 22.6 Å². The molecule has 26 heavy (non-hydrogen) atoms. The topological polar surface area (TPSA) is 58.5 Å². The van der Waals surface area contributed by atoms with Crippen LogP contribution in [-0.2, 0) is 6.54 Å². The first-order valence-electron chi connectivity index (χ1n) is 8.73. The molecule has 0 saturated heterocycles. The van der Waals surface area contributed by atoms with E-state index in [1.165, 1.54) is 0 Å². The molecule has 0 atom stereocenters. The Kier molecular flexibility index (Phi) is 4.51. The lowest BCUT2D eigenvalue weighted by Crippen LogP contribution is -2.11. The first kappa shape index (κ1) is 16.1. The molecule has 0 aliphatic heterocycles. The summed E-state index contributed by atoms with van der Waals surface area (Å²) in [6.07, 6.45) is 1.90. The van der Waals surface area contributed by atoms with Gasteiger partial charge in [0.25, 0.3) is 0 Å². The highest BCUT2D eigenvalue weighted by Gasteiger charge is 2.17. The van der Waals surface area contributed by atoms with E-state index in [1.54, 1.807) is 0 Å². The van der Waals surface area contributed by atoms with Crippen LogP contribution in [0.15, 0.2) is 73.1 Å². The number of hydrogen-bond acceptors (Lipinski definition) is 3. The van der Waals surface area contributed by atoms with Gasteiger partial charge in [0.2, 0.25) is 0 Å². The predicted molar refractivity (Wildman–Crippen MR) is 105 cm³/mol. The second-order valence-corrected chi connectivity index (χ2v) is 6.23. The van der Waals surface area contributed by atoms with E-state index >= 15 is 0 Å². The number of anilines is 1. The van der Waals surface area contributed by atoms with Crippen LogP contribution in [0.3, 0.4) is 0 Å². The molecule has 4 aromatic rings. The lowest BCUT2D eigenvalue weighted by atomic mass is 10.1. The lowest BCUT2D eigenvalue weighted by molar-refractivity contribution is 0.731. The van der Waals surface area contributed by atoms with Crippen LogP contribution >= 0.6 is 0 Å². The summed E-state index contributed by atoms with van der Waals surface area (Å²) in [7, 11) is 0. The van der Waals surface area contributed by atoms with Gasteiger partial charge in [-0.25, -0.2) is 4.98 Å². The van der Waals surface area contributed by atoms with Crippen molar-refractivity contribution in [2.75, 3.05) is 11.9 Å². The van der Waals surface area contributed by atoms with Crippen LogP contribution in [0.5, 0.6) is 0 Å². The molecule has 0 fully saturated rings. The fraction of sp³-hybridized carbons (Fsp3) is 0.143. The Morgan fingerprint density at radius 1 is 1.00 bits per heavy atom. The lowest BCUT2D eigenvalue weighted by Gasteiger charge is -2.10. The average molecular weight is 343 g/mol. The third kappa shape index (κ3) is 3.37. The molecule has 0 saturated carbocycles. The summed E-state index contributed by atoms with van der Waals surface area (Å²) in [6, 6.07) is 22.5. The van der Waals surface area contributed by atoms with E-state index < -0.39 is 0 Å². The van der Waals surface area contributed by atoms with Gasteiger partial charge in [-0.15, -0.1) is 0 Å². The summed E-state index contributed by atoms with van der Waals surface area (Å²) < 4.78 is 2.16. The largest absolute Gasteiger partial charge is 0.383 e. The number of aryl methyl sites for hydroxylation is 1. The number of nitrogens with zero attached hydrogens (tertiary/aromatic N) is 3.